The van der Waals surface area contributed by atoms with Crippen molar-refractivity contribution in [2.24, 2.45) is 7.05 Å². The van der Waals surface area contributed by atoms with Gasteiger partial charge in [-0.15, -0.1) is 0 Å². The lowest BCUT2D eigenvalue weighted by atomic mass is 10.1. The third kappa shape index (κ3) is 2.82. The summed E-state index contributed by atoms with van der Waals surface area (Å²) < 4.78 is 7.17. The van der Waals surface area contributed by atoms with Crippen LogP contribution < -0.4 is 10.9 Å². The van der Waals surface area contributed by atoms with Crippen molar-refractivity contribution in [3.05, 3.63) is 38.9 Å². The number of aromatic nitrogens is 2. The van der Waals surface area contributed by atoms with Gasteiger partial charge in [-0.3, -0.25) is 14.2 Å². The molecule has 1 aromatic heterocycles. The fourth-order valence-electron chi connectivity index (χ4n) is 2.56. The summed E-state index contributed by atoms with van der Waals surface area (Å²) in [5.74, 6) is -0.183. The highest BCUT2D eigenvalue weighted by Gasteiger charge is 2.17. The number of fused-ring (bicyclic) bond motifs is 1. The van der Waals surface area contributed by atoms with Gasteiger partial charge in [-0.25, -0.2) is 0 Å². The van der Waals surface area contributed by atoms with Crippen LogP contribution in [0.1, 0.15) is 23.2 Å². The van der Waals surface area contributed by atoms with Gasteiger partial charge in [0.15, 0.2) is 4.77 Å². The first kappa shape index (κ1) is 14.9. The first-order valence-corrected chi connectivity index (χ1v) is 7.60. The topological polar surface area (TPSA) is 76.1 Å². The summed E-state index contributed by atoms with van der Waals surface area (Å²) >= 11 is 5.09. The van der Waals surface area contributed by atoms with E-state index in [1.54, 1.807) is 25.2 Å². The predicted molar refractivity (Wildman–Crippen MR) is 85.7 cm³/mol. The summed E-state index contributed by atoms with van der Waals surface area (Å²) in [6.45, 7) is 1.26. The number of ether oxygens (including phenoxy) is 1. The number of nitrogens with one attached hydrogen (secondary N) is 2. The Balaban J connectivity index is 1.85. The number of hydrogen-bond donors (Lipinski definition) is 2. The standard InChI is InChI=1S/C15H17N3O3S/c1-18-14(20)11-5-4-9(7-12(11)17-15(18)22)13(19)16-8-10-3-2-6-21-10/h4-5,7,10H,2-3,6,8H2,1H3,(H,16,19)(H,17,22)/t10-/m0/s1. The lowest BCUT2D eigenvalue weighted by molar-refractivity contribution is 0.0858. The number of rotatable bonds is 3. The number of nitrogens with zero attached hydrogens (tertiary/aromatic N) is 1. The van der Waals surface area contributed by atoms with E-state index in [0.717, 1.165) is 19.4 Å². The number of H-pyrrole nitrogens is 1. The second kappa shape index (κ2) is 6.02. The van der Waals surface area contributed by atoms with Crippen molar-refractivity contribution in [1.82, 2.24) is 14.9 Å². The van der Waals surface area contributed by atoms with Crippen molar-refractivity contribution in [2.75, 3.05) is 13.2 Å². The van der Waals surface area contributed by atoms with E-state index in [1.165, 1.54) is 4.57 Å². The lowest BCUT2D eigenvalue weighted by Gasteiger charge is -2.11. The van der Waals surface area contributed by atoms with E-state index >= 15 is 0 Å². The fourth-order valence-corrected chi connectivity index (χ4v) is 2.75. The molecule has 1 amide bonds. The van der Waals surface area contributed by atoms with Crippen molar-refractivity contribution in [3.63, 3.8) is 0 Å². The van der Waals surface area contributed by atoms with Crippen molar-refractivity contribution in [2.45, 2.75) is 18.9 Å². The van der Waals surface area contributed by atoms with Crippen molar-refractivity contribution < 1.29 is 9.53 Å². The summed E-state index contributed by atoms with van der Waals surface area (Å²) in [4.78, 5) is 27.2. The second-order valence-corrected chi connectivity index (χ2v) is 5.79. The molecule has 116 valence electrons. The molecule has 2 N–H and O–H groups in total. The minimum atomic E-state index is -0.183. The molecule has 22 heavy (non-hydrogen) atoms. The van der Waals surface area contributed by atoms with Crippen LogP contribution in [0.4, 0.5) is 0 Å². The van der Waals surface area contributed by atoms with Crippen LogP contribution in [0.2, 0.25) is 0 Å². The van der Waals surface area contributed by atoms with Gasteiger partial charge in [0.25, 0.3) is 11.5 Å². The van der Waals surface area contributed by atoms with Gasteiger partial charge in [0.05, 0.1) is 17.0 Å². The maximum absolute atomic E-state index is 12.2. The highest BCUT2D eigenvalue weighted by Crippen LogP contribution is 2.12. The minimum Gasteiger partial charge on any atom is -0.376 e. The van der Waals surface area contributed by atoms with Gasteiger partial charge in [0.2, 0.25) is 0 Å². The molecule has 6 nitrogen and oxygen atoms in total. The first-order valence-electron chi connectivity index (χ1n) is 7.19. The molecule has 1 saturated heterocycles. The largest absolute Gasteiger partial charge is 0.376 e. The van der Waals surface area contributed by atoms with Gasteiger partial charge in [0, 0.05) is 25.8 Å². The van der Waals surface area contributed by atoms with Gasteiger partial charge in [0.1, 0.15) is 0 Å². The predicted octanol–water partition coefficient (Wildman–Crippen LogP) is 1.50. The van der Waals surface area contributed by atoms with Gasteiger partial charge in [-0.2, -0.15) is 0 Å². The van der Waals surface area contributed by atoms with E-state index in [2.05, 4.69) is 10.3 Å². The molecule has 1 aliphatic rings. The molecule has 2 aromatic rings. The number of aromatic amines is 1. The molecule has 0 bridgehead atoms. The molecule has 0 spiro atoms. The lowest BCUT2D eigenvalue weighted by Crippen LogP contribution is -2.31. The molecule has 1 fully saturated rings. The van der Waals surface area contributed by atoms with Crippen LogP contribution in [0.3, 0.4) is 0 Å². The maximum Gasteiger partial charge on any atom is 0.261 e. The van der Waals surface area contributed by atoms with E-state index in [4.69, 9.17) is 17.0 Å². The Morgan fingerprint density at radius 3 is 3.09 bits per heavy atom. The van der Waals surface area contributed by atoms with Crippen molar-refractivity contribution in [3.8, 4) is 0 Å². The average molecular weight is 319 g/mol. The second-order valence-electron chi connectivity index (χ2n) is 5.40. The highest BCUT2D eigenvalue weighted by atomic mass is 32.1. The Labute approximate surface area is 132 Å². The zero-order valence-corrected chi connectivity index (χ0v) is 13.0. The third-order valence-electron chi connectivity index (χ3n) is 3.88. The number of carbonyl (C=O) groups excluding carboxylic acids is 1. The summed E-state index contributed by atoms with van der Waals surface area (Å²) in [6.07, 6.45) is 2.11. The van der Waals surface area contributed by atoms with Crippen molar-refractivity contribution in [1.29, 1.82) is 0 Å². The normalized spacial score (nSPS) is 17.8. The molecule has 3 rings (SSSR count). The Bertz CT molecular complexity index is 834. The molecule has 0 radical (unpaired) electrons. The maximum atomic E-state index is 12.2. The van der Waals surface area contributed by atoms with Crippen LogP contribution in [0.15, 0.2) is 23.0 Å². The average Bonchev–Trinajstić information content (AvgIpc) is 3.03. The Morgan fingerprint density at radius 1 is 1.55 bits per heavy atom. The molecular formula is C15H17N3O3S. The molecule has 1 aliphatic heterocycles. The van der Waals surface area contributed by atoms with Gasteiger partial charge in [-0.1, -0.05) is 0 Å². The molecule has 0 saturated carbocycles. The smallest absolute Gasteiger partial charge is 0.261 e. The number of benzene rings is 1. The van der Waals surface area contributed by atoms with Crippen LogP contribution >= 0.6 is 12.2 Å². The first-order chi connectivity index (χ1) is 10.6. The molecule has 2 heterocycles. The highest BCUT2D eigenvalue weighted by molar-refractivity contribution is 7.71. The Kier molecular flexibility index (Phi) is 4.08. The SMILES string of the molecule is Cn1c(=S)[nH]c2cc(C(=O)NC[C@@H]3CCCO3)ccc2c1=O. The molecule has 0 unspecified atom stereocenters. The van der Waals surface area contributed by atoms with Crippen molar-refractivity contribution >= 4 is 29.0 Å². The van der Waals surface area contributed by atoms with Gasteiger partial charge < -0.3 is 15.0 Å². The Hall–Kier alpha value is -1.99. The molecule has 0 aliphatic carbocycles. The number of carbonyl (C=O) groups is 1. The van der Waals surface area contributed by atoms with Gasteiger partial charge >= 0.3 is 0 Å². The molecule has 1 atom stereocenters. The number of hydrogen-bond acceptors (Lipinski definition) is 4. The zero-order chi connectivity index (χ0) is 15.7. The van der Waals surface area contributed by atoms with Crippen LogP contribution in [-0.4, -0.2) is 34.7 Å². The number of amides is 1. The van der Waals surface area contributed by atoms with Gasteiger partial charge in [-0.05, 0) is 43.3 Å². The van der Waals surface area contributed by atoms with Crippen LogP contribution in [-0.2, 0) is 11.8 Å². The summed E-state index contributed by atoms with van der Waals surface area (Å²) in [5, 5.41) is 3.37. The molecular weight excluding hydrogens is 302 g/mol. The third-order valence-corrected chi connectivity index (χ3v) is 4.25. The fraction of sp³-hybridized carbons (Fsp3) is 0.400. The van der Waals surface area contributed by atoms with Crippen LogP contribution in [0.25, 0.3) is 10.9 Å². The summed E-state index contributed by atoms with van der Waals surface area (Å²) in [6, 6.07) is 4.94. The summed E-state index contributed by atoms with van der Waals surface area (Å²) in [7, 11) is 1.61. The Morgan fingerprint density at radius 2 is 2.36 bits per heavy atom. The van der Waals surface area contributed by atoms with Crippen LogP contribution in [0, 0.1) is 4.77 Å². The zero-order valence-electron chi connectivity index (χ0n) is 12.2. The van der Waals surface area contributed by atoms with E-state index in [1.807, 2.05) is 0 Å². The van der Waals surface area contributed by atoms with E-state index < -0.39 is 0 Å². The molecule has 1 aromatic carbocycles. The summed E-state index contributed by atoms with van der Waals surface area (Å²) in [5.41, 5.74) is 0.882. The molecule has 7 heteroatoms. The monoisotopic (exact) mass is 319 g/mol. The van der Waals surface area contributed by atoms with E-state index in [-0.39, 0.29) is 17.6 Å². The van der Waals surface area contributed by atoms with E-state index in [9.17, 15) is 9.59 Å². The van der Waals surface area contributed by atoms with Crippen LogP contribution in [0.5, 0.6) is 0 Å². The van der Waals surface area contributed by atoms with E-state index in [0.29, 0.717) is 27.8 Å². The quantitative estimate of drug-likeness (QED) is 0.841. The minimum absolute atomic E-state index is 0.0995.